The number of rotatable bonds is 0. The topological polar surface area (TPSA) is 12.0 Å². The van der Waals surface area contributed by atoms with Crippen LogP contribution in [0.1, 0.15) is 39.0 Å². The molecular formula is C10H19N. The summed E-state index contributed by atoms with van der Waals surface area (Å²) in [5.41, 5.74) is 0. The molecule has 1 saturated heterocycles. The summed E-state index contributed by atoms with van der Waals surface area (Å²) < 4.78 is 0. The molecule has 1 heterocycles. The largest absolute Gasteiger partial charge is 0.314 e. The van der Waals surface area contributed by atoms with Gasteiger partial charge in [0.2, 0.25) is 0 Å². The molecule has 2 rings (SSSR count). The highest BCUT2D eigenvalue weighted by molar-refractivity contribution is 4.84. The molecule has 2 fully saturated rings. The van der Waals surface area contributed by atoms with Crippen LogP contribution in [0.4, 0.5) is 0 Å². The van der Waals surface area contributed by atoms with E-state index in [1.54, 1.807) is 0 Å². The van der Waals surface area contributed by atoms with Crippen LogP contribution in [-0.4, -0.2) is 12.6 Å². The molecule has 0 radical (unpaired) electrons. The Morgan fingerprint density at radius 3 is 2.64 bits per heavy atom. The third-order valence-corrected chi connectivity index (χ3v) is 3.45. The molecule has 0 aromatic rings. The Bertz CT molecular complexity index is 133. The van der Waals surface area contributed by atoms with E-state index in [-0.39, 0.29) is 0 Å². The summed E-state index contributed by atoms with van der Waals surface area (Å²) in [7, 11) is 0. The van der Waals surface area contributed by atoms with Crippen molar-refractivity contribution >= 4 is 0 Å². The molecule has 1 saturated carbocycles. The fraction of sp³-hybridized carbons (Fsp3) is 1.00. The van der Waals surface area contributed by atoms with Gasteiger partial charge in [0.05, 0.1) is 0 Å². The van der Waals surface area contributed by atoms with E-state index in [9.17, 15) is 0 Å². The third kappa shape index (κ3) is 1.58. The van der Waals surface area contributed by atoms with Crippen LogP contribution in [0.3, 0.4) is 0 Å². The first-order valence-corrected chi connectivity index (χ1v) is 5.09. The number of fused-ring (bicyclic) bond motifs is 1. The van der Waals surface area contributed by atoms with Gasteiger partial charge in [0.15, 0.2) is 0 Å². The van der Waals surface area contributed by atoms with Crippen LogP contribution in [-0.2, 0) is 0 Å². The summed E-state index contributed by atoms with van der Waals surface area (Å²) in [4.78, 5) is 0. The predicted octanol–water partition coefficient (Wildman–Crippen LogP) is 2.17. The lowest BCUT2D eigenvalue weighted by Crippen LogP contribution is -2.43. The summed E-state index contributed by atoms with van der Waals surface area (Å²) in [5, 5.41) is 3.58. The van der Waals surface area contributed by atoms with E-state index in [0.717, 1.165) is 17.9 Å². The van der Waals surface area contributed by atoms with E-state index in [1.807, 2.05) is 0 Å². The summed E-state index contributed by atoms with van der Waals surface area (Å²) in [6.07, 6.45) is 7.41. The first-order valence-electron chi connectivity index (χ1n) is 5.09. The average molecular weight is 153 g/mol. The molecule has 11 heavy (non-hydrogen) atoms. The fourth-order valence-corrected chi connectivity index (χ4v) is 2.75. The molecule has 0 spiro atoms. The van der Waals surface area contributed by atoms with E-state index >= 15 is 0 Å². The van der Waals surface area contributed by atoms with Crippen LogP contribution < -0.4 is 5.32 Å². The highest BCUT2D eigenvalue weighted by Crippen LogP contribution is 2.34. The van der Waals surface area contributed by atoms with E-state index in [4.69, 9.17) is 0 Å². The lowest BCUT2D eigenvalue weighted by molar-refractivity contribution is 0.159. The molecule has 1 aliphatic heterocycles. The van der Waals surface area contributed by atoms with E-state index < -0.39 is 0 Å². The van der Waals surface area contributed by atoms with Gasteiger partial charge in [0.1, 0.15) is 0 Å². The fourth-order valence-electron chi connectivity index (χ4n) is 2.75. The van der Waals surface area contributed by atoms with Gasteiger partial charge in [-0.1, -0.05) is 19.3 Å². The third-order valence-electron chi connectivity index (χ3n) is 3.45. The first kappa shape index (κ1) is 7.60. The van der Waals surface area contributed by atoms with Crippen molar-refractivity contribution in [3.05, 3.63) is 0 Å². The number of hydrogen-bond acceptors (Lipinski definition) is 1. The molecule has 0 aromatic carbocycles. The maximum Gasteiger partial charge on any atom is 0.00415 e. The predicted molar refractivity (Wildman–Crippen MR) is 47.5 cm³/mol. The quantitative estimate of drug-likeness (QED) is 0.562. The van der Waals surface area contributed by atoms with E-state index in [2.05, 4.69) is 12.2 Å². The molecular weight excluding hydrogens is 134 g/mol. The van der Waals surface area contributed by atoms with Crippen molar-refractivity contribution in [2.45, 2.75) is 45.1 Å². The smallest absolute Gasteiger partial charge is 0.00415 e. The Morgan fingerprint density at radius 1 is 1.09 bits per heavy atom. The average Bonchev–Trinajstić information content (AvgIpc) is 2.04. The Balaban J connectivity index is 1.93. The SMILES string of the molecule is C[C@@H]1CC2CCCCC2CN1. The van der Waals surface area contributed by atoms with Gasteiger partial charge in [-0.25, -0.2) is 0 Å². The minimum absolute atomic E-state index is 0.786. The van der Waals surface area contributed by atoms with Gasteiger partial charge >= 0.3 is 0 Å². The number of hydrogen-bond donors (Lipinski definition) is 1. The van der Waals surface area contributed by atoms with Crippen LogP contribution in [0.5, 0.6) is 0 Å². The van der Waals surface area contributed by atoms with Crippen LogP contribution in [0, 0.1) is 11.8 Å². The van der Waals surface area contributed by atoms with Gasteiger partial charge < -0.3 is 5.32 Å². The molecule has 0 bridgehead atoms. The molecule has 1 N–H and O–H groups in total. The Hall–Kier alpha value is -0.0400. The molecule has 0 aromatic heterocycles. The molecule has 0 amide bonds. The van der Waals surface area contributed by atoms with Gasteiger partial charge in [0.25, 0.3) is 0 Å². The first-order chi connectivity index (χ1) is 5.36. The monoisotopic (exact) mass is 153 g/mol. The lowest BCUT2D eigenvalue weighted by atomic mass is 9.74. The minimum Gasteiger partial charge on any atom is -0.314 e. The van der Waals surface area contributed by atoms with Crippen LogP contribution in [0.15, 0.2) is 0 Å². The van der Waals surface area contributed by atoms with Gasteiger partial charge in [-0.15, -0.1) is 0 Å². The van der Waals surface area contributed by atoms with Crippen molar-refractivity contribution in [1.82, 2.24) is 5.32 Å². The maximum absolute atomic E-state index is 3.58. The van der Waals surface area contributed by atoms with Crippen LogP contribution in [0.25, 0.3) is 0 Å². The normalized spacial score (nSPS) is 45.0. The van der Waals surface area contributed by atoms with Crippen LogP contribution >= 0.6 is 0 Å². The Labute approximate surface area is 69.6 Å². The Kier molecular flexibility index (Phi) is 2.17. The lowest BCUT2D eigenvalue weighted by Gasteiger charge is -2.38. The molecule has 64 valence electrons. The zero-order chi connectivity index (χ0) is 7.68. The summed E-state index contributed by atoms with van der Waals surface area (Å²) in [6, 6.07) is 0.786. The molecule has 1 aliphatic carbocycles. The van der Waals surface area contributed by atoms with Crippen molar-refractivity contribution in [3.8, 4) is 0 Å². The molecule has 2 aliphatic rings. The van der Waals surface area contributed by atoms with Gasteiger partial charge in [0, 0.05) is 6.04 Å². The second-order valence-electron chi connectivity index (χ2n) is 4.35. The minimum atomic E-state index is 0.786. The van der Waals surface area contributed by atoms with Gasteiger partial charge in [-0.2, -0.15) is 0 Å². The van der Waals surface area contributed by atoms with E-state index in [0.29, 0.717) is 0 Å². The molecule has 2 unspecified atom stereocenters. The Morgan fingerprint density at radius 2 is 1.82 bits per heavy atom. The molecule has 1 heteroatoms. The van der Waals surface area contributed by atoms with Gasteiger partial charge in [-0.05, 0) is 38.1 Å². The summed E-state index contributed by atoms with van der Waals surface area (Å²) >= 11 is 0. The zero-order valence-corrected chi connectivity index (χ0v) is 7.47. The van der Waals surface area contributed by atoms with Crippen molar-refractivity contribution in [2.75, 3.05) is 6.54 Å². The molecule has 3 atom stereocenters. The van der Waals surface area contributed by atoms with E-state index in [1.165, 1.54) is 38.6 Å². The number of piperidine rings is 1. The second kappa shape index (κ2) is 3.14. The van der Waals surface area contributed by atoms with Crippen molar-refractivity contribution in [3.63, 3.8) is 0 Å². The highest BCUT2D eigenvalue weighted by atomic mass is 14.9. The van der Waals surface area contributed by atoms with Gasteiger partial charge in [-0.3, -0.25) is 0 Å². The zero-order valence-electron chi connectivity index (χ0n) is 7.47. The van der Waals surface area contributed by atoms with Crippen molar-refractivity contribution in [2.24, 2.45) is 11.8 Å². The number of nitrogens with one attached hydrogen (secondary N) is 1. The van der Waals surface area contributed by atoms with Crippen molar-refractivity contribution in [1.29, 1.82) is 0 Å². The highest BCUT2D eigenvalue weighted by Gasteiger charge is 2.29. The van der Waals surface area contributed by atoms with Crippen molar-refractivity contribution < 1.29 is 0 Å². The molecule has 1 nitrogen and oxygen atoms in total. The summed E-state index contributed by atoms with van der Waals surface area (Å²) in [5.74, 6) is 2.10. The standard InChI is InChI=1S/C10H19N/c1-8-6-9-4-2-3-5-10(9)7-11-8/h8-11H,2-7H2,1H3/t8-,9?,10?/m1/s1. The van der Waals surface area contributed by atoms with Crippen LogP contribution in [0.2, 0.25) is 0 Å². The maximum atomic E-state index is 3.58. The second-order valence-corrected chi connectivity index (χ2v) is 4.35. The summed E-state index contributed by atoms with van der Waals surface area (Å²) in [6.45, 7) is 3.62.